The van der Waals surface area contributed by atoms with Crippen molar-refractivity contribution in [2.45, 2.75) is 43.8 Å². The monoisotopic (exact) mass is 450 g/mol. The van der Waals surface area contributed by atoms with Crippen LogP contribution in [0.15, 0.2) is 29.2 Å². The van der Waals surface area contributed by atoms with Crippen LogP contribution in [0.4, 0.5) is 30.8 Å². The molecule has 3 atom stereocenters. The summed E-state index contributed by atoms with van der Waals surface area (Å²) in [5.74, 6) is -0.271. The highest BCUT2D eigenvalue weighted by Crippen LogP contribution is 2.43. The summed E-state index contributed by atoms with van der Waals surface area (Å²) in [5.41, 5.74) is 2.58. The predicted molar refractivity (Wildman–Crippen MR) is 109 cm³/mol. The number of nitrogen functional groups attached to an aromatic ring is 1. The van der Waals surface area contributed by atoms with E-state index in [9.17, 15) is 22.8 Å². The van der Waals surface area contributed by atoms with Crippen LogP contribution in [0.5, 0.6) is 0 Å². The number of nitrogens with zero attached hydrogens (tertiary/aromatic N) is 5. The summed E-state index contributed by atoms with van der Waals surface area (Å²) >= 11 is 0. The van der Waals surface area contributed by atoms with Crippen LogP contribution in [0.3, 0.4) is 0 Å². The fourth-order valence-corrected chi connectivity index (χ4v) is 4.57. The van der Waals surface area contributed by atoms with Crippen molar-refractivity contribution >= 4 is 23.4 Å². The number of nitrogens with two attached hydrogens (primary N) is 1. The van der Waals surface area contributed by atoms with Crippen LogP contribution in [0, 0.1) is 0 Å². The van der Waals surface area contributed by atoms with Gasteiger partial charge in [-0.15, -0.1) is 0 Å². The molecule has 5 rings (SSSR count). The van der Waals surface area contributed by atoms with E-state index in [1.807, 2.05) is 4.90 Å². The van der Waals surface area contributed by atoms with Gasteiger partial charge in [-0.05, 0) is 25.5 Å². The van der Waals surface area contributed by atoms with Crippen molar-refractivity contribution in [3.8, 4) is 0 Å². The lowest BCUT2D eigenvalue weighted by atomic mass is 10.00. The quantitative estimate of drug-likeness (QED) is 0.694. The molecule has 2 bridgehead atoms. The molecule has 2 aromatic heterocycles. The van der Waals surface area contributed by atoms with Crippen LogP contribution in [0.2, 0.25) is 0 Å². The molecular formula is C20H21F3N6O3. The zero-order valence-electron chi connectivity index (χ0n) is 17.2. The topological polar surface area (TPSA) is 107 Å². The average molecular weight is 450 g/mol. The molecule has 2 N–H and O–H groups in total. The second-order valence-corrected chi connectivity index (χ2v) is 8.59. The fourth-order valence-electron chi connectivity index (χ4n) is 4.57. The molecule has 3 aliphatic rings. The van der Waals surface area contributed by atoms with Crippen molar-refractivity contribution in [3.05, 3.63) is 40.3 Å². The van der Waals surface area contributed by atoms with E-state index in [4.69, 9.17) is 10.5 Å². The third kappa shape index (κ3) is 3.12. The molecule has 0 saturated carbocycles. The molecule has 0 aromatic carbocycles. The second-order valence-electron chi connectivity index (χ2n) is 8.59. The molecule has 0 radical (unpaired) electrons. The summed E-state index contributed by atoms with van der Waals surface area (Å²) < 4.78 is 49.1. The number of alkyl halides is 3. The van der Waals surface area contributed by atoms with Gasteiger partial charge in [0.1, 0.15) is 11.6 Å². The summed E-state index contributed by atoms with van der Waals surface area (Å²) in [5, 5.41) is 0. The summed E-state index contributed by atoms with van der Waals surface area (Å²) in [6.45, 7) is 0.707. The van der Waals surface area contributed by atoms with Crippen LogP contribution < -0.4 is 21.1 Å². The Morgan fingerprint density at radius 1 is 1.38 bits per heavy atom. The van der Waals surface area contributed by atoms with Crippen LogP contribution in [0.25, 0.3) is 0 Å². The second kappa shape index (κ2) is 6.92. The third-order valence-electron chi connectivity index (χ3n) is 6.49. The molecular weight excluding hydrogens is 429 g/mol. The number of carbonyl (C=O) groups excluding carboxylic acids is 1. The number of morpholine rings is 1. The zero-order valence-corrected chi connectivity index (χ0v) is 17.2. The van der Waals surface area contributed by atoms with Gasteiger partial charge in [-0.3, -0.25) is 14.2 Å². The summed E-state index contributed by atoms with van der Waals surface area (Å²) in [4.78, 5) is 36.7. The van der Waals surface area contributed by atoms with Gasteiger partial charge in [0, 0.05) is 24.4 Å². The van der Waals surface area contributed by atoms with Gasteiger partial charge in [-0.1, -0.05) is 0 Å². The first-order chi connectivity index (χ1) is 15.1. The van der Waals surface area contributed by atoms with E-state index in [0.29, 0.717) is 19.0 Å². The molecule has 2 saturated heterocycles. The van der Waals surface area contributed by atoms with Gasteiger partial charge in [0.15, 0.2) is 11.3 Å². The van der Waals surface area contributed by atoms with E-state index in [1.54, 1.807) is 0 Å². The molecule has 3 aliphatic heterocycles. The van der Waals surface area contributed by atoms with Crippen molar-refractivity contribution in [1.29, 1.82) is 0 Å². The van der Waals surface area contributed by atoms with E-state index in [1.165, 1.54) is 24.4 Å². The number of aromatic nitrogens is 3. The van der Waals surface area contributed by atoms with Crippen LogP contribution in [-0.4, -0.2) is 63.9 Å². The van der Waals surface area contributed by atoms with E-state index >= 15 is 0 Å². The smallest absolute Gasteiger partial charge is 0.384 e. The first kappa shape index (κ1) is 20.7. The van der Waals surface area contributed by atoms with E-state index in [0.717, 1.165) is 22.8 Å². The first-order valence-corrected chi connectivity index (χ1v) is 10.2. The van der Waals surface area contributed by atoms with Gasteiger partial charge < -0.3 is 20.3 Å². The molecule has 0 aliphatic carbocycles. The van der Waals surface area contributed by atoms with Crippen molar-refractivity contribution in [2.24, 2.45) is 0 Å². The predicted octanol–water partition coefficient (Wildman–Crippen LogP) is 1.22. The van der Waals surface area contributed by atoms with E-state index < -0.39 is 36.1 Å². The molecule has 32 heavy (non-hydrogen) atoms. The van der Waals surface area contributed by atoms with Crippen LogP contribution in [-0.2, 0) is 11.3 Å². The molecule has 5 heterocycles. The summed E-state index contributed by atoms with van der Waals surface area (Å²) in [6, 6.07) is 4.10. The molecule has 170 valence electrons. The molecule has 0 amide bonds. The lowest BCUT2D eigenvalue weighted by Gasteiger charge is -2.36. The van der Waals surface area contributed by atoms with Gasteiger partial charge in [0.2, 0.25) is 5.95 Å². The zero-order chi connectivity index (χ0) is 22.8. The Balaban J connectivity index is 1.55. The van der Waals surface area contributed by atoms with Gasteiger partial charge >= 0.3 is 6.18 Å². The normalized spacial score (nSPS) is 26.6. The number of anilines is 3. The van der Waals surface area contributed by atoms with Gasteiger partial charge in [0.25, 0.3) is 5.56 Å². The summed E-state index contributed by atoms with van der Waals surface area (Å²) in [6.07, 6.45) is -2.69. The molecule has 2 fully saturated rings. The molecule has 0 spiro atoms. The Morgan fingerprint density at radius 2 is 2.16 bits per heavy atom. The highest BCUT2D eigenvalue weighted by molar-refractivity contribution is 5.99. The average Bonchev–Trinajstić information content (AvgIpc) is 3.43. The number of hydrogen-bond acceptors (Lipinski definition) is 8. The molecule has 1 unspecified atom stereocenters. The summed E-state index contributed by atoms with van der Waals surface area (Å²) in [7, 11) is 0. The number of Topliss-reactive ketones (excluding diaryl/α,β-unsaturated/α-hetero) is 1. The number of halogens is 3. The first-order valence-electron chi connectivity index (χ1n) is 10.2. The number of ether oxygens (including phenoxy) is 1. The number of pyridine rings is 1. The minimum Gasteiger partial charge on any atom is -0.384 e. The van der Waals surface area contributed by atoms with Crippen molar-refractivity contribution in [3.63, 3.8) is 0 Å². The minimum absolute atomic E-state index is 0.0222. The third-order valence-corrected chi connectivity index (χ3v) is 6.49. The van der Waals surface area contributed by atoms with Gasteiger partial charge in [0.05, 0.1) is 31.8 Å². The van der Waals surface area contributed by atoms with Crippen LogP contribution in [0.1, 0.15) is 23.7 Å². The number of carbonyl (C=O) groups is 1. The maximum Gasteiger partial charge on any atom is 0.413 e. The lowest BCUT2D eigenvalue weighted by molar-refractivity contribution is -0.181. The van der Waals surface area contributed by atoms with E-state index in [-0.39, 0.29) is 29.5 Å². The number of ketones is 1. The highest BCUT2D eigenvalue weighted by Gasteiger charge is 2.60. The van der Waals surface area contributed by atoms with E-state index in [2.05, 4.69) is 9.97 Å². The maximum absolute atomic E-state index is 14.2. The largest absolute Gasteiger partial charge is 0.413 e. The Kier molecular flexibility index (Phi) is 4.49. The molecule has 2 aromatic rings. The van der Waals surface area contributed by atoms with Crippen LogP contribution >= 0.6 is 0 Å². The standard InChI is InChI=1S/C20H21F3N6O3/c1-19(20(21,22)23)10-28-17(31)5-16(27-7-13-4-12(27)9-32-13)26-18(28)29(19)8-14(30)11-2-3-15(24)25-6-11/h2-3,5-6,12-13H,4,7-10H2,1H3,(H2,24,25)/t12-,13-,19?/m0/s1. The number of fused-ring (bicyclic) bond motifs is 3. The SMILES string of the molecule is CC1(C(F)(F)F)Cn2c(nc(N3C[C@@H]4C[C@H]3CO4)cc2=O)N1CC(=O)c1ccc(N)nc1. The highest BCUT2D eigenvalue weighted by atomic mass is 19.4. The molecule has 9 nitrogen and oxygen atoms in total. The van der Waals surface area contributed by atoms with Gasteiger partial charge in [-0.25, -0.2) is 4.98 Å². The van der Waals surface area contributed by atoms with Gasteiger partial charge in [-0.2, -0.15) is 18.2 Å². The number of rotatable bonds is 4. The van der Waals surface area contributed by atoms with Crippen molar-refractivity contribution in [2.75, 3.05) is 35.2 Å². The lowest BCUT2D eigenvalue weighted by Crippen LogP contribution is -2.57. The Labute approximate surface area is 180 Å². The molecule has 12 heteroatoms. The maximum atomic E-state index is 14.2. The minimum atomic E-state index is -4.71. The Hall–Kier alpha value is -3.15. The Morgan fingerprint density at radius 3 is 2.75 bits per heavy atom. The van der Waals surface area contributed by atoms with Crippen molar-refractivity contribution in [1.82, 2.24) is 14.5 Å². The fraction of sp³-hybridized carbons (Fsp3) is 0.500. The van der Waals surface area contributed by atoms with Crippen molar-refractivity contribution < 1.29 is 22.7 Å². The number of hydrogen-bond donors (Lipinski definition) is 1. The Bertz CT molecular complexity index is 1130.